The van der Waals surface area contributed by atoms with E-state index in [4.69, 9.17) is 13.9 Å². The second-order valence-corrected chi connectivity index (χ2v) is 15.1. The summed E-state index contributed by atoms with van der Waals surface area (Å²) in [6.07, 6.45) is 0.564. The molecule has 0 spiro atoms. The highest BCUT2D eigenvalue weighted by Gasteiger charge is 2.39. The Morgan fingerprint density at radius 3 is 2.06 bits per heavy atom. The number of fused-ring (bicyclic) bond motifs is 1. The minimum Gasteiger partial charge on any atom is -0.468 e. The molecule has 0 amide bonds. The average molecular weight is 496 g/mol. The molecule has 6 nitrogen and oxygen atoms in total. The molecule has 0 fully saturated rings. The average Bonchev–Trinajstić information content (AvgIpc) is 3.12. The summed E-state index contributed by atoms with van der Waals surface area (Å²) < 4.78 is 18.7. The minimum absolute atomic E-state index is 0.0811. The number of aromatic nitrogens is 1. The second kappa shape index (κ2) is 10.8. The normalized spacial score (nSPS) is 12.2. The number of nitrogens with zero attached hydrogens (tertiary/aromatic N) is 1. The Morgan fingerprint density at radius 2 is 1.49 bits per heavy atom. The number of benzene rings is 2. The molecule has 188 valence electrons. The predicted octanol–water partition coefficient (Wildman–Crippen LogP) is 5.68. The van der Waals surface area contributed by atoms with Crippen LogP contribution in [0.1, 0.15) is 43.5 Å². The molecule has 0 aliphatic heterocycles. The Labute approximate surface area is 209 Å². The van der Waals surface area contributed by atoms with Gasteiger partial charge in [-0.05, 0) is 41.7 Å². The van der Waals surface area contributed by atoms with Crippen molar-refractivity contribution in [2.24, 2.45) is 0 Å². The van der Waals surface area contributed by atoms with Crippen LogP contribution in [0.3, 0.4) is 0 Å². The van der Waals surface area contributed by atoms with Gasteiger partial charge in [0.15, 0.2) is 14.2 Å². The second-order valence-electron chi connectivity index (χ2n) is 10.3. The van der Waals surface area contributed by atoms with Gasteiger partial charge in [-0.1, -0.05) is 69.3 Å². The molecule has 0 radical (unpaired) electrons. The van der Waals surface area contributed by atoms with Gasteiger partial charge < -0.3 is 18.5 Å². The first-order valence-electron chi connectivity index (χ1n) is 12.0. The van der Waals surface area contributed by atoms with E-state index in [1.54, 1.807) is 0 Å². The molecule has 3 aromatic rings. The number of hydrogen-bond acceptors (Lipinski definition) is 5. The molecular formula is C28H37NO5Si. The van der Waals surface area contributed by atoms with E-state index in [0.29, 0.717) is 25.3 Å². The maximum Gasteiger partial charge on any atom is 0.326 e. The van der Waals surface area contributed by atoms with Crippen molar-refractivity contribution in [2.45, 2.75) is 57.8 Å². The van der Waals surface area contributed by atoms with Gasteiger partial charge >= 0.3 is 11.9 Å². The van der Waals surface area contributed by atoms with Crippen LogP contribution in [0.2, 0.25) is 18.1 Å². The highest BCUT2D eigenvalue weighted by atomic mass is 28.4. The molecule has 0 aliphatic rings. The minimum atomic E-state index is -1.97. The maximum atomic E-state index is 13.0. The number of carbonyl (C=O) groups is 2. The summed E-state index contributed by atoms with van der Waals surface area (Å²) in [5.41, 5.74) is 3.53. The number of ether oxygens (including phenoxy) is 2. The first kappa shape index (κ1) is 26.7. The van der Waals surface area contributed by atoms with Crippen LogP contribution in [0.4, 0.5) is 0 Å². The summed E-state index contributed by atoms with van der Waals surface area (Å²) in [7, 11) is 0.616. The fourth-order valence-electron chi connectivity index (χ4n) is 4.10. The summed E-state index contributed by atoms with van der Waals surface area (Å²) in [5.74, 6) is -2.47. The molecule has 0 N–H and O–H groups in total. The van der Waals surface area contributed by atoms with Crippen molar-refractivity contribution >= 4 is 31.2 Å². The first-order chi connectivity index (χ1) is 16.5. The van der Waals surface area contributed by atoms with E-state index >= 15 is 0 Å². The number of para-hydroxylation sites is 1. The van der Waals surface area contributed by atoms with Crippen molar-refractivity contribution in [3.63, 3.8) is 0 Å². The van der Waals surface area contributed by atoms with E-state index in [1.165, 1.54) is 14.2 Å². The van der Waals surface area contributed by atoms with Crippen LogP contribution in [0, 0.1) is 0 Å². The van der Waals surface area contributed by atoms with Crippen molar-refractivity contribution in [1.82, 2.24) is 4.57 Å². The van der Waals surface area contributed by atoms with Gasteiger partial charge in [0.2, 0.25) is 0 Å². The van der Waals surface area contributed by atoms with E-state index < -0.39 is 26.2 Å². The molecule has 35 heavy (non-hydrogen) atoms. The Morgan fingerprint density at radius 1 is 0.914 bits per heavy atom. The number of rotatable bonds is 9. The van der Waals surface area contributed by atoms with Crippen LogP contribution >= 0.6 is 0 Å². The molecule has 0 saturated heterocycles. The van der Waals surface area contributed by atoms with Crippen LogP contribution < -0.4 is 0 Å². The fourth-order valence-corrected chi connectivity index (χ4v) is 5.15. The summed E-state index contributed by atoms with van der Waals surface area (Å²) in [5, 5.41) is 1.08. The SMILES string of the molecule is COC(=O)C(C(=O)OC)c1c(CCO[Si](C)(C)C(C)(C)C)c2ccccc2n1Cc1ccccc1. The van der Waals surface area contributed by atoms with Gasteiger partial charge in [-0.2, -0.15) is 0 Å². The third-order valence-electron chi connectivity index (χ3n) is 7.07. The molecule has 0 atom stereocenters. The molecule has 0 aliphatic carbocycles. The summed E-state index contributed by atoms with van der Waals surface area (Å²) >= 11 is 0. The van der Waals surface area contributed by atoms with Gasteiger partial charge in [0.25, 0.3) is 0 Å². The fraction of sp³-hybridized carbons (Fsp3) is 0.429. The lowest BCUT2D eigenvalue weighted by Crippen LogP contribution is -2.41. The molecule has 1 heterocycles. The Balaban J connectivity index is 2.18. The highest BCUT2D eigenvalue weighted by Crippen LogP contribution is 2.38. The monoisotopic (exact) mass is 495 g/mol. The topological polar surface area (TPSA) is 66.8 Å². The standard InChI is InChI=1S/C28H37NO5Si/c1-28(2,3)35(6,7)34-18-17-22-21-15-11-12-16-23(21)29(19-20-13-9-8-10-14-20)25(22)24(26(30)32-4)27(31)33-5/h8-16,24H,17-19H2,1-7H3. The number of esters is 2. The summed E-state index contributed by atoms with van der Waals surface area (Å²) in [6, 6.07) is 18.0. The lowest BCUT2D eigenvalue weighted by atomic mass is 9.98. The third-order valence-corrected chi connectivity index (χ3v) is 11.6. The van der Waals surface area contributed by atoms with Gasteiger partial charge in [0.05, 0.1) is 14.2 Å². The maximum absolute atomic E-state index is 13.0. The molecular weight excluding hydrogens is 458 g/mol. The van der Waals surface area contributed by atoms with Crippen LogP contribution in [-0.4, -0.2) is 45.6 Å². The van der Waals surface area contributed by atoms with Crippen molar-refractivity contribution in [3.8, 4) is 0 Å². The largest absolute Gasteiger partial charge is 0.468 e. The first-order valence-corrected chi connectivity index (χ1v) is 14.9. The van der Waals surface area contributed by atoms with Gasteiger partial charge in [-0.25, -0.2) is 0 Å². The summed E-state index contributed by atoms with van der Waals surface area (Å²) in [4.78, 5) is 25.9. The third kappa shape index (κ3) is 5.68. The van der Waals surface area contributed by atoms with E-state index in [0.717, 1.165) is 22.0 Å². The van der Waals surface area contributed by atoms with Crippen LogP contribution in [0.5, 0.6) is 0 Å². The van der Waals surface area contributed by atoms with Crippen molar-refractivity contribution in [1.29, 1.82) is 0 Å². The lowest BCUT2D eigenvalue weighted by Gasteiger charge is -2.36. The Kier molecular flexibility index (Phi) is 8.23. The van der Waals surface area contributed by atoms with Gasteiger partial charge in [-0.3, -0.25) is 9.59 Å². The molecule has 1 aromatic heterocycles. The van der Waals surface area contributed by atoms with Gasteiger partial charge in [0, 0.05) is 29.7 Å². The Bertz CT molecular complexity index is 1160. The van der Waals surface area contributed by atoms with Gasteiger partial charge in [-0.15, -0.1) is 0 Å². The van der Waals surface area contributed by atoms with Crippen LogP contribution in [-0.2, 0) is 36.5 Å². The molecule has 3 rings (SSSR count). The van der Waals surface area contributed by atoms with E-state index in [9.17, 15) is 9.59 Å². The van der Waals surface area contributed by atoms with Crippen molar-refractivity contribution in [2.75, 3.05) is 20.8 Å². The highest BCUT2D eigenvalue weighted by molar-refractivity contribution is 6.74. The zero-order valence-electron chi connectivity index (χ0n) is 21.9. The zero-order valence-corrected chi connectivity index (χ0v) is 22.9. The van der Waals surface area contributed by atoms with Crippen molar-refractivity contribution in [3.05, 3.63) is 71.4 Å². The number of methoxy groups -OCH3 is 2. The number of hydrogen-bond donors (Lipinski definition) is 0. The number of carbonyl (C=O) groups excluding carboxylic acids is 2. The van der Waals surface area contributed by atoms with Gasteiger partial charge in [0.1, 0.15) is 0 Å². The molecule has 0 bridgehead atoms. The lowest BCUT2D eigenvalue weighted by molar-refractivity contribution is -0.154. The van der Waals surface area contributed by atoms with Crippen LogP contribution in [0.15, 0.2) is 54.6 Å². The smallest absolute Gasteiger partial charge is 0.326 e. The molecule has 2 aromatic carbocycles. The van der Waals surface area contributed by atoms with Crippen LogP contribution in [0.25, 0.3) is 10.9 Å². The predicted molar refractivity (Wildman–Crippen MR) is 141 cm³/mol. The summed E-state index contributed by atoms with van der Waals surface area (Å²) in [6.45, 7) is 12.1. The van der Waals surface area contributed by atoms with E-state index in [1.807, 2.05) is 59.2 Å². The van der Waals surface area contributed by atoms with Crippen molar-refractivity contribution < 1.29 is 23.5 Å². The zero-order chi connectivity index (χ0) is 25.8. The molecule has 7 heteroatoms. The quantitative estimate of drug-likeness (QED) is 0.217. The van der Waals surface area contributed by atoms with E-state index in [-0.39, 0.29) is 5.04 Å². The molecule has 0 saturated carbocycles. The van der Waals surface area contributed by atoms with E-state index in [2.05, 4.69) is 33.9 Å². The molecule has 0 unspecified atom stereocenters. The Hall–Kier alpha value is -2.90.